The summed E-state index contributed by atoms with van der Waals surface area (Å²) in [5.41, 5.74) is 1.21. The average Bonchev–Trinajstić information content (AvgIpc) is 3.18. The van der Waals surface area contributed by atoms with Crippen LogP contribution in [0.15, 0.2) is 30.3 Å². The molecule has 1 N–H and O–H groups in total. The Bertz CT molecular complexity index is 605. The van der Waals surface area contributed by atoms with E-state index in [1.54, 1.807) is 0 Å². The van der Waals surface area contributed by atoms with Gasteiger partial charge in [-0.2, -0.15) is 0 Å². The predicted molar refractivity (Wildman–Crippen MR) is 89.0 cm³/mol. The lowest BCUT2D eigenvalue weighted by Crippen LogP contribution is -2.12. The second-order valence-corrected chi connectivity index (χ2v) is 6.96. The maximum absolute atomic E-state index is 12.0. The first-order valence-corrected chi connectivity index (χ1v) is 8.77. The van der Waals surface area contributed by atoms with Crippen LogP contribution in [-0.4, -0.2) is 16.1 Å². The summed E-state index contributed by atoms with van der Waals surface area (Å²) in [4.78, 5) is 12.0. The quantitative estimate of drug-likeness (QED) is 0.875. The highest BCUT2D eigenvalue weighted by molar-refractivity contribution is 7.15. The SMILES string of the molecule is O=C(CCC1CCCC1)Nc1nnc(Cc2ccccc2)s1. The Morgan fingerprint density at radius 3 is 2.73 bits per heavy atom. The van der Waals surface area contributed by atoms with Crippen molar-refractivity contribution in [2.75, 3.05) is 5.32 Å². The molecule has 1 heterocycles. The van der Waals surface area contributed by atoms with Crippen LogP contribution < -0.4 is 5.32 Å². The third-order valence-electron chi connectivity index (χ3n) is 4.17. The van der Waals surface area contributed by atoms with Crippen molar-refractivity contribution in [2.45, 2.75) is 44.9 Å². The van der Waals surface area contributed by atoms with Crippen molar-refractivity contribution in [1.29, 1.82) is 0 Å². The zero-order chi connectivity index (χ0) is 15.2. The number of amides is 1. The number of hydrogen-bond acceptors (Lipinski definition) is 4. The molecule has 1 aliphatic rings. The monoisotopic (exact) mass is 315 g/mol. The Morgan fingerprint density at radius 2 is 1.95 bits per heavy atom. The molecular formula is C17H21N3OS. The van der Waals surface area contributed by atoms with Crippen molar-refractivity contribution >= 4 is 22.4 Å². The molecule has 4 nitrogen and oxygen atoms in total. The number of carbonyl (C=O) groups is 1. The van der Waals surface area contributed by atoms with Crippen LogP contribution in [0.4, 0.5) is 5.13 Å². The van der Waals surface area contributed by atoms with E-state index in [1.807, 2.05) is 18.2 Å². The van der Waals surface area contributed by atoms with E-state index in [9.17, 15) is 4.79 Å². The molecule has 22 heavy (non-hydrogen) atoms. The van der Waals surface area contributed by atoms with Crippen LogP contribution in [0.2, 0.25) is 0 Å². The van der Waals surface area contributed by atoms with Gasteiger partial charge in [-0.15, -0.1) is 10.2 Å². The number of nitrogens with one attached hydrogen (secondary N) is 1. The molecule has 1 amide bonds. The summed E-state index contributed by atoms with van der Waals surface area (Å²) < 4.78 is 0. The van der Waals surface area contributed by atoms with Gasteiger partial charge in [-0.25, -0.2) is 0 Å². The minimum atomic E-state index is 0.0642. The van der Waals surface area contributed by atoms with Crippen LogP contribution in [-0.2, 0) is 11.2 Å². The second-order valence-electron chi connectivity index (χ2n) is 5.90. The highest BCUT2D eigenvalue weighted by Gasteiger charge is 2.16. The van der Waals surface area contributed by atoms with Gasteiger partial charge in [-0.3, -0.25) is 4.79 Å². The van der Waals surface area contributed by atoms with E-state index in [0.717, 1.165) is 23.8 Å². The van der Waals surface area contributed by atoms with E-state index < -0.39 is 0 Å². The van der Waals surface area contributed by atoms with Crippen molar-refractivity contribution in [3.8, 4) is 0 Å². The molecule has 0 bridgehead atoms. The van der Waals surface area contributed by atoms with Crippen molar-refractivity contribution in [3.05, 3.63) is 40.9 Å². The van der Waals surface area contributed by atoms with E-state index in [1.165, 1.54) is 42.6 Å². The second kappa shape index (κ2) is 7.49. The van der Waals surface area contributed by atoms with Crippen LogP contribution in [0.1, 0.15) is 49.1 Å². The molecule has 2 aromatic rings. The van der Waals surface area contributed by atoms with E-state index in [0.29, 0.717) is 11.6 Å². The molecule has 0 atom stereocenters. The van der Waals surface area contributed by atoms with E-state index in [2.05, 4.69) is 27.6 Å². The van der Waals surface area contributed by atoms with Crippen molar-refractivity contribution in [1.82, 2.24) is 10.2 Å². The molecule has 0 saturated heterocycles. The smallest absolute Gasteiger partial charge is 0.226 e. The highest BCUT2D eigenvalue weighted by atomic mass is 32.1. The molecule has 1 aromatic heterocycles. The maximum atomic E-state index is 12.0. The lowest BCUT2D eigenvalue weighted by atomic mass is 10.0. The minimum absolute atomic E-state index is 0.0642. The highest BCUT2D eigenvalue weighted by Crippen LogP contribution is 2.28. The molecule has 3 rings (SSSR count). The standard InChI is InChI=1S/C17H21N3OS/c21-15(11-10-13-6-4-5-7-13)18-17-20-19-16(22-17)12-14-8-2-1-3-9-14/h1-3,8-9,13H,4-7,10-12H2,(H,18,20,21). The van der Waals surface area contributed by atoms with Gasteiger partial charge in [0.05, 0.1) is 0 Å². The van der Waals surface area contributed by atoms with Crippen LogP contribution >= 0.6 is 11.3 Å². The Kier molecular flexibility index (Phi) is 5.16. The summed E-state index contributed by atoms with van der Waals surface area (Å²) in [6.45, 7) is 0. The molecule has 5 heteroatoms. The third-order valence-corrected chi connectivity index (χ3v) is 5.00. The van der Waals surface area contributed by atoms with Gasteiger partial charge in [0.25, 0.3) is 0 Å². The fourth-order valence-electron chi connectivity index (χ4n) is 2.96. The number of benzene rings is 1. The maximum Gasteiger partial charge on any atom is 0.226 e. The lowest BCUT2D eigenvalue weighted by Gasteiger charge is -2.07. The van der Waals surface area contributed by atoms with E-state index in [-0.39, 0.29) is 5.91 Å². The van der Waals surface area contributed by atoms with Gasteiger partial charge >= 0.3 is 0 Å². The van der Waals surface area contributed by atoms with Crippen molar-refractivity contribution < 1.29 is 4.79 Å². The average molecular weight is 315 g/mol. The fourth-order valence-corrected chi connectivity index (χ4v) is 3.75. The third kappa shape index (κ3) is 4.37. The van der Waals surface area contributed by atoms with Gasteiger partial charge in [0.15, 0.2) is 0 Å². The molecule has 1 saturated carbocycles. The Morgan fingerprint density at radius 1 is 1.18 bits per heavy atom. The fraction of sp³-hybridized carbons (Fsp3) is 0.471. The summed E-state index contributed by atoms with van der Waals surface area (Å²) in [6.07, 6.45) is 7.58. The van der Waals surface area contributed by atoms with Gasteiger partial charge in [0.1, 0.15) is 5.01 Å². The zero-order valence-corrected chi connectivity index (χ0v) is 13.4. The van der Waals surface area contributed by atoms with Gasteiger partial charge in [0, 0.05) is 12.8 Å². The number of anilines is 1. The molecule has 0 spiro atoms. The Labute approximate surface area is 135 Å². The molecule has 1 fully saturated rings. The van der Waals surface area contributed by atoms with Crippen LogP contribution in [0, 0.1) is 5.92 Å². The Hall–Kier alpha value is -1.75. The number of hydrogen-bond donors (Lipinski definition) is 1. The number of carbonyl (C=O) groups excluding carboxylic acids is 1. The number of rotatable bonds is 6. The van der Waals surface area contributed by atoms with Crippen molar-refractivity contribution in [3.63, 3.8) is 0 Å². The molecule has 0 aliphatic heterocycles. The summed E-state index contributed by atoms with van der Waals surface area (Å²) in [7, 11) is 0. The molecule has 1 aliphatic carbocycles. The normalized spacial score (nSPS) is 15.1. The number of aromatic nitrogens is 2. The van der Waals surface area contributed by atoms with E-state index >= 15 is 0 Å². The molecule has 1 aromatic carbocycles. The largest absolute Gasteiger partial charge is 0.301 e. The zero-order valence-electron chi connectivity index (χ0n) is 12.6. The minimum Gasteiger partial charge on any atom is -0.301 e. The first-order chi connectivity index (χ1) is 10.8. The molecule has 116 valence electrons. The Balaban J connectivity index is 1.47. The summed E-state index contributed by atoms with van der Waals surface area (Å²) in [5.74, 6) is 0.808. The molecule has 0 radical (unpaired) electrons. The summed E-state index contributed by atoms with van der Waals surface area (Å²) in [5, 5.41) is 12.6. The van der Waals surface area contributed by atoms with Gasteiger partial charge in [0.2, 0.25) is 11.0 Å². The van der Waals surface area contributed by atoms with Crippen LogP contribution in [0.3, 0.4) is 0 Å². The van der Waals surface area contributed by atoms with Gasteiger partial charge < -0.3 is 5.32 Å². The molecular weight excluding hydrogens is 294 g/mol. The first kappa shape index (κ1) is 15.2. The summed E-state index contributed by atoms with van der Waals surface area (Å²) in [6, 6.07) is 10.2. The lowest BCUT2D eigenvalue weighted by molar-refractivity contribution is -0.116. The van der Waals surface area contributed by atoms with Gasteiger partial charge in [-0.1, -0.05) is 67.4 Å². The van der Waals surface area contributed by atoms with Crippen molar-refractivity contribution in [2.24, 2.45) is 5.92 Å². The van der Waals surface area contributed by atoms with Crippen LogP contribution in [0.5, 0.6) is 0 Å². The number of nitrogens with zero attached hydrogens (tertiary/aromatic N) is 2. The van der Waals surface area contributed by atoms with Crippen LogP contribution in [0.25, 0.3) is 0 Å². The van der Waals surface area contributed by atoms with Gasteiger partial charge in [-0.05, 0) is 17.9 Å². The topological polar surface area (TPSA) is 54.9 Å². The van der Waals surface area contributed by atoms with E-state index in [4.69, 9.17) is 0 Å². The molecule has 0 unspecified atom stereocenters. The first-order valence-electron chi connectivity index (χ1n) is 7.96. The summed E-state index contributed by atoms with van der Waals surface area (Å²) >= 11 is 1.46. The predicted octanol–water partition coefficient (Wildman–Crippen LogP) is 4.04.